The zero-order valence-corrected chi connectivity index (χ0v) is 14.7. The van der Waals surface area contributed by atoms with E-state index < -0.39 is 0 Å². The molecule has 0 amide bonds. The molecule has 4 heteroatoms. The van der Waals surface area contributed by atoms with Crippen LogP contribution in [0.5, 0.6) is 11.5 Å². The lowest BCUT2D eigenvalue weighted by Gasteiger charge is -2.29. The minimum atomic E-state index is 0.0308. The smallest absolute Gasteiger partial charge is 0.140 e. The summed E-state index contributed by atoms with van der Waals surface area (Å²) in [6.07, 6.45) is 1.03. The molecule has 1 aromatic carbocycles. The van der Waals surface area contributed by atoms with Crippen LogP contribution in [-0.2, 0) is 5.41 Å². The highest BCUT2D eigenvalue weighted by atomic mass is 79.9. The second-order valence-electron chi connectivity index (χ2n) is 5.03. The van der Waals surface area contributed by atoms with Gasteiger partial charge in [-0.05, 0) is 33.8 Å². The number of halogens is 2. The van der Waals surface area contributed by atoms with Gasteiger partial charge < -0.3 is 9.47 Å². The van der Waals surface area contributed by atoms with Crippen LogP contribution in [-0.4, -0.2) is 19.0 Å². The van der Waals surface area contributed by atoms with Crippen molar-refractivity contribution in [3.63, 3.8) is 0 Å². The molecular formula is C14H20Br2O2. The first kappa shape index (κ1) is 15.8. The Kier molecular flexibility index (Phi) is 5.53. The lowest BCUT2D eigenvalue weighted by Crippen LogP contribution is -2.21. The molecule has 1 rings (SSSR count). The first-order valence-electron chi connectivity index (χ1n) is 5.88. The molecule has 1 atom stereocenters. The van der Waals surface area contributed by atoms with Crippen molar-refractivity contribution in [2.24, 2.45) is 0 Å². The van der Waals surface area contributed by atoms with Gasteiger partial charge in [-0.1, -0.05) is 42.8 Å². The topological polar surface area (TPSA) is 18.5 Å². The summed E-state index contributed by atoms with van der Waals surface area (Å²) in [4.78, 5) is 0.457. The number of benzene rings is 1. The van der Waals surface area contributed by atoms with Crippen LogP contribution >= 0.6 is 31.9 Å². The van der Waals surface area contributed by atoms with Crippen molar-refractivity contribution in [1.29, 1.82) is 0 Å². The molecule has 102 valence electrons. The molecule has 0 aromatic heterocycles. The van der Waals surface area contributed by atoms with E-state index in [2.05, 4.69) is 58.7 Å². The van der Waals surface area contributed by atoms with Crippen LogP contribution in [0.1, 0.15) is 32.8 Å². The number of rotatable bonds is 5. The van der Waals surface area contributed by atoms with E-state index in [0.717, 1.165) is 22.4 Å². The maximum absolute atomic E-state index is 5.54. The third kappa shape index (κ3) is 3.41. The monoisotopic (exact) mass is 378 g/mol. The van der Waals surface area contributed by atoms with Crippen LogP contribution < -0.4 is 9.47 Å². The van der Waals surface area contributed by atoms with E-state index in [4.69, 9.17) is 9.47 Å². The molecule has 0 saturated heterocycles. The van der Waals surface area contributed by atoms with Crippen molar-refractivity contribution in [3.05, 3.63) is 22.2 Å². The molecule has 1 aromatic rings. The molecule has 0 saturated carbocycles. The summed E-state index contributed by atoms with van der Waals surface area (Å²) in [7, 11) is 3.35. The van der Waals surface area contributed by atoms with Crippen molar-refractivity contribution in [2.75, 3.05) is 14.2 Å². The quantitative estimate of drug-likeness (QED) is 0.676. The van der Waals surface area contributed by atoms with E-state index in [-0.39, 0.29) is 5.41 Å². The number of methoxy groups -OCH3 is 2. The highest BCUT2D eigenvalue weighted by molar-refractivity contribution is 9.10. The van der Waals surface area contributed by atoms with Crippen LogP contribution in [0, 0.1) is 0 Å². The van der Waals surface area contributed by atoms with Crippen molar-refractivity contribution in [1.82, 2.24) is 0 Å². The van der Waals surface area contributed by atoms with Crippen molar-refractivity contribution in [3.8, 4) is 11.5 Å². The van der Waals surface area contributed by atoms with Gasteiger partial charge in [0.25, 0.3) is 0 Å². The zero-order valence-electron chi connectivity index (χ0n) is 11.5. The Morgan fingerprint density at radius 1 is 1.22 bits per heavy atom. The number of ether oxygens (including phenoxy) is 2. The first-order valence-corrected chi connectivity index (χ1v) is 7.59. The predicted octanol–water partition coefficient (Wildman–Crippen LogP) is 4.92. The molecule has 0 aliphatic rings. The van der Waals surface area contributed by atoms with Gasteiger partial charge in [-0.25, -0.2) is 0 Å². The maximum Gasteiger partial charge on any atom is 0.140 e. The van der Waals surface area contributed by atoms with Crippen LogP contribution in [0.2, 0.25) is 0 Å². The van der Waals surface area contributed by atoms with Crippen molar-refractivity contribution >= 4 is 31.9 Å². The van der Waals surface area contributed by atoms with Gasteiger partial charge in [-0.2, -0.15) is 0 Å². The van der Waals surface area contributed by atoms with Gasteiger partial charge in [-0.15, -0.1) is 0 Å². The van der Waals surface area contributed by atoms with Gasteiger partial charge in [0.1, 0.15) is 16.0 Å². The molecule has 0 radical (unpaired) electrons. The van der Waals surface area contributed by atoms with Gasteiger partial charge in [0.15, 0.2) is 0 Å². The highest BCUT2D eigenvalue weighted by Gasteiger charge is 2.28. The fourth-order valence-electron chi connectivity index (χ4n) is 2.24. The fourth-order valence-corrected chi connectivity index (χ4v) is 3.72. The van der Waals surface area contributed by atoms with Gasteiger partial charge in [0.05, 0.1) is 14.2 Å². The predicted molar refractivity (Wildman–Crippen MR) is 83.3 cm³/mol. The minimum Gasteiger partial charge on any atom is -0.495 e. The molecule has 0 spiro atoms. The van der Waals surface area contributed by atoms with E-state index >= 15 is 0 Å². The van der Waals surface area contributed by atoms with E-state index in [1.54, 1.807) is 14.2 Å². The molecule has 0 aliphatic carbocycles. The molecule has 18 heavy (non-hydrogen) atoms. The lowest BCUT2D eigenvalue weighted by atomic mass is 9.80. The first-order chi connectivity index (χ1) is 8.33. The van der Waals surface area contributed by atoms with Gasteiger partial charge in [-0.3, -0.25) is 0 Å². The van der Waals surface area contributed by atoms with Crippen LogP contribution in [0.15, 0.2) is 16.6 Å². The van der Waals surface area contributed by atoms with Gasteiger partial charge in [0, 0.05) is 10.4 Å². The van der Waals surface area contributed by atoms with E-state index in [1.807, 2.05) is 6.07 Å². The zero-order chi connectivity index (χ0) is 13.9. The molecule has 0 aliphatic heterocycles. The summed E-state index contributed by atoms with van der Waals surface area (Å²) in [5.74, 6) is 1.64. The summed E-state index contributed by atoms with van der Waals surface area (Å²) in [5, 5.41) is 0. The minimum absolute atomic E-state index is 0.0308. The van der Waals surface area contributed by atoms with Crippen LogP contribution in [0.3, 0.4) is 0 Å². The fraction of sp³-hybridized carbons (Fsp3) is 0.571. The summed E-state index contributed by atoms with van der Waals surface area (Å²) >= 11 is 7.17. The van der Waals surface area contributed by atoms with Crippen molar-refractivity contribution < 1.29 is 9.47 Å². The lowest BCUT2D eigenvalue weighted by molar-refractivity contribution is 0.370. The molecule has 2 nitrogen and oxygen atoms in total. The molecule has 0 fully saturated rings. The molecule has 0 bridgehead atoms. The Balaban J connectivity index is 3.28. The third-order valence-electron chi connectivity index (χ3n) is 3.01. The summed E-state index contributed by atoms with van der Waals surface area (Å²) in [5.41, 5.74) is 1.22. The Labute approximate surface area is 126 Å². The number of hydrogen-bond acceptors (Lipinski definition) is 2. The van der Waals surface area contributed by atoms with E-state index in [9.17, 15) is 0 Å². The second kappa shape index (κ2) is 6.29. The average Bonchev–Trinajstić information content (AvgIpc) is 2.26. The Bertz CT molecular complexity index is 415. The molecule has 0 heterocycles. The van der Waals surface area contributed by atoms with Crippen LogP contribution in [0.25, 0.3) is 0 Å². The van der Waals surface area contributed by atoms with E-state index in [0.29, 0.717) is 4.83 Å². The Morgan fingerprint density at radius 3 is 2.28 bits per heavy atom. The third-order valence-corrected chi connectivity index (χ3v) is 4.08. The van der Waals surface area contributed by atoms with E-state index in [1.165, 1.54) is 5.56 Å². The second-order valence-corrected chi connectivity index (χ2v) is 7.39. The summed E-state index contributed by atoms with van der Waals surface area (Å²) in [6.45, 7) is 6.61. The summed E-state index contributed by atoms with van der Waals surface area (Å²) < 4.78 is 11.7. The van der Waals surface area contributed by atoms with Crippen LogP contribution in [0.4, 0.5) is 0 Å². The number of hydrogen-bond donors (Lipinski definition) is 0. The normalized spacial score (nSPS) is 13.3. The SMILES string of the molecule is COc1ccc(C(C)(C)CC(C)Br)c(OC)c1Br. The molecular weight excluding hydrogens is 360 g/mol. The standard InChI is InChI=1S/C14H20Br2O2/c1-9(15)8-14(2,3)10-6-7-11(17-4)12(16)13(10)18-5/h6-7,9H,8H2,1-5H3. The Morgan fingerprint density at radius 2 is 1.83 bits per heavy atom. The Hall–Kier alpha value is -0.220. The van der Waals surface area contributed by atoms with Gasteiger partial charge in [0.2, 0.25) is 0 Å². The largest absolute Gasteiger partial charge is 0.495 e. The molecule has 0 N–H and O–H groups in total. The average molecular weight is 380 g/mol. The van der Waals surface area contributed by atoms with Crippen molar-refractivity contribution in [2.45, 2.75) is 37.4 Å². The highest BCUT2D eigenvalue weighted by Crippen LogP contribution is 2.44. The maximum atomic E-state index is 5.54. The summed E-state index contributed by atoms with van der Waals surface area (Å²) in [6, 6.07) is 4.06. The molecule has 1 unspecified atom stereocenters. The number of alkyl halides is 1. The van der Waals surface area contributed by atoms with Gasteiger partial charge >= 0.3 is 0 Å².